The van der Waals surface area contributed by atoms with Crippen molar-refractivity contribution in [2.24, 2.45) is 0 Å². The molecule has 17 heavy (non-hydrogen) atoms. The Kier molecular flexibility index (Phi) is 6.27. The Balaban J connectivity index is 3.47. The van der Waals surface area contributed by atoms with Gasteiger partial charge in [-0.1, -0.05) is 52.5 Å². The highest BCUT2D eigenvalue weighted by molar-refractivity contribution is 7.31. The van der Waals surface area contributed by atoms with Crippen LogP contribution < -0.4 is 4.43 Å². The third-order valence-corrected chi connectivity index (χ3v) is 4.64. The first kappa shape index (κ1) is 15.8. The predicted molar refractivity (Wildman–Crippen MR) is 79.9 cm³/mol. The monoisotopic (exact) mass is 368 g/mol. The first-order chi connectivity index (χ1) is 7.90. The molecule has 8 heteroatoms. The lowest BCUT2D eigenvalue weighted by Crippen LogP contribution is -2.08. The zero-order valence-corrected chi connectivity index (χ0v) is 13.9. The molecule has 1 nitrogen and oxygen atoms in total. The molecular formula is C9H6Cl6OSi. The van der Waals surface area contributed by atoms with Gasteiger partial charge in [-0.2, -0.15) is 0 Å². The molecule has 0 aliphatic rings. The van der Waals surface area contributed by atoms with Crippen LogP contribution in [0.1, 0.15) is 5.56 Å². The van der Waals surface area contributed by atoms with Crippen molar-refractivity contribution in [1.82, 2.24) is 0 Å². The minimum Gasteiger partial charge on any atom is -0.519 e. The molecule has 0 fully saturated rings. The summed E-state index contributed by atoms with van der Waals surface area (Å²) in [5.74, 6) is 0.271. The van der Waals surface area contributed by atoms with E-state index in [0.717, 1.165) is 0 Å². The molecule has 0 saturated heterocycles. The molecule has 0 saturated carbocycles. The largest absolute Gasteiger partial charge is 0.519 e. The van der Waals surface area contributed by atoms with E-state index in [4.69, 9.17) is 73.0 Å². The topological polar surface area (TPSA) is 9.23 Å². The number of hydrogen-bond donors (Lipinski definition) is 0. The second-order valence-electron chi connectivity index (χ2n) is 2.93. The SMILES string of the molecule is C=CCc1c(Cl)c(Cl)c(Cl)c(Cl)c1O[SiH](Cl)Cl. The third kappa shape index (κ3) is 3.60. The van der Waals surface area contributed by atoms with Crippen molar-refractivity contribution in [2.75, 3.05) is 0 Å². The third-order valence-electron chi connectivity index (χ3n) is 1.87. The maximum absolute atomic E-state index is 6.06. The predicted octanol–water partition coefficient (Wildman–Crippen LogP) is 5.60. The van der Waals surface area contributed by atoms with Gasteiger partial charge in [-0.05, 0) is 6.42 Å². The molecule has 1 aromatic rings. The standard InChI is InChI=1S/C9H6Cl6OSi/c1-2-3-4-5(10)6(11)7(12)8(13)9(4)16-17(14)15/h2,17H,1,3H2. The van der Waals surface area contributed by atoms with Crippen molar-refractivity contribution in [1.29, 1.82) is 0 Å². The molecule has 0 unspecified atom stereocenters. The van der Waals surface area contributed by atoms with Gasteiger partial charge in [-0.3, -0.25) is 0 Å². The molecule has 0 spiro atoms. The van der Waals surface area contributed by atoms with Gasteiger partial charge in [-0.15, -0.1) is 28.7 Å². The van der Waals surface area contributed by atoms with Crippen molar-refractivity contribution in [3.8, 4) is 5.75 Å². The van der Waals surface area contributed by atoms with Crippen LogP contribution in [0.4, 0.5) is 0 Å². The van der Waals surface area contributed by atoms with E-state index in [9.17, 15) is 0 Å². The molecular weight excluding hydrogens is 365 g/mol. The molecule has 94 valence electrons. The second-order valence-corrected chi connectivity index (χ2v) is 8.25. The zero-order chi connectivity index (χ0) is 13.2. The highest BCUT2D eigenvalue weighted by Crippen LogP contribution is 2.46. The van der Waals surface area contributed by atoms with Crippen molar-refractivity contribution in [3.05, 3.63) is 38.3 Å². The Morgan fingerprint density at radius 1 is 1.00 bits per heavy atom. The second kappa shape index (κ2) is 6.76. The van der Waals surface area contributed by atoms with E-state index in [-0.39, 0.29) is 25.8 Å². The Morgan fingerprint density at radius 3 is 2.00 bits per heavy atom. The Hall–Kier alpha value is 0.717. The molecule has 1 rings (SSSR count). The summed E-state index contributed by atoms with van der Waals surface area (Å²) in [7, 11) is -2.37. The number of halogens is 6. The van der Waals surface area contributed by atoms with Gasteiger partial charge in [0.05, 0.1) is 15.1 Å². The van der Waals surface area contributed by atoms with Crippen molar-refractivity contribution in [2.45, 2.75) is 6.42 Å². The van der Waals surface area contributed by atoms with E-state index in [2.05, 4.69) is 6.58 Å². The van der Waals surface area contributed by atoms with Crippen LogP contribution in [0.25, 0.3) is 0 Å². The summed E-state index contributed by atoms with van der Waals surface area (Å²) < 4.78 is 5.31. The summed E-state index contributed by atoms with van der Waals surface area (Å²) in [6.45, 7) is 3.61. The normalized spacial score (nSPS) is 10.8. The van der Waals surface area contributed by atoms with Gasteiger partial charge in [0.2, 0.25) is 0 Å². The van der Waals surface area contributed by atoms with Crippen molar-refractivity contribution < 1.29 is 4.43 Å². The summed E-state index contributed by atoms with van der Waals surface area (Å²) in [6, 6.07) is 0. The van der Waals surface area contributed by atoms with Crippen LogP contribution in [0, 0.1) is 0 Å². The van der Waals surface area contributed by atoms with Crippen LogP contribution >= 0.6 is 68.6 Å². The minimum atomic E-state index is -2.37. The summed E-state index contributed by atoms with van der Waals surface area (Å²) in [5.41, 5.74) is 0.569. The molecule has 1 aromatic carbocycles. The molecule has 0 N–H and O–H groups in total. The van der Waals surface area contributed by atoms with E-state index in [0.29, 0.717) is 12.0 Å². The highest BCUT2D eigenvalue weighted by atomic mass is 35.7. The summed E-state index contributed by atoms with van der Waals surface area (Å²) in [6.07, 6.45) is 2.05. The lowest BCUT2D eigenvalue weighted by Gasteiger charge is -2.16. The van der Waals surface area contributed by atoms with Crippen molar-refractivity contribution >= 4 is 76.2 Å². The average molecular weight is 371 g/mol. The Labute approximate surface area is 130 Å². The summed E-state index contributed by atoms with van der Waals surface area (Å²) >= 11 is 35.3. The van der Waals surface area contributed by atoms with Crippen LogP contribution in [0.3, 0.4) is 0 Å². The average Bonchev–Trinajstić information content (AvgIpc) is 2.28. The molecule has 0 aliphatic heterocycles. The summed E-state index contributed by atoms with van der Waals surface area (Å²) in [5, 5.41) is 0.699. The fraction of sp³-hybridized carbons (Fsp3) is 0.111. The van der Waals surface area contributed by atoms with Gasteiger partial charge in [-0.25, -0.2) is 0 Å². The van der Waals surface area contributed by atoms with E-state index in [1.165, 1.54) is 0 Å². The quantitative estimate of drug-likeness (QED) is 0.220. The van der Waals surface area contributed by atoms with E-state index < -0.39 is 7.66 Å². The van der Waals surface area contributed by atoms with Gasteiger partial charge in [0.15, 0.2) is 0 Å². The van der Waals surface area contributed by atoms with E-state index >= 15 is 0 Å². The molecule has 0 aliphatic carbocycles. The van der Waals surface area contributed by atoms with Gasteiger partial charge in [0, 0.05) is 5.56 Å². The molecule has 0 radical (unpaired) electrons. The number of allylic oxidation sites excluding steroid dienone is 1. The Bertz CT molecular complexity index is 448. The van der Waals surface area contributed by atoms with Crippen LogP contribution in [0.15, 0.2) is 12.7 Å². The molecule has 0 atom stereocenters. The number of hydrogen-bond acceptors (Lipinski definition) is 1. The van der Waals surface area contributed by atoms with Gasteiger partial charge >= 0.3 is 7.66 Å². The number of benzene rings is 1. The summed E-state index contributed by atoms with van der Waals surface area (Å²) in [4.78, 5) is 0. The smallest absolute Gasteiger partial charge is 0.433 e. The van der Waals surface area contributed by atoms with Crippen LogP contribution in [0.2, 0.25) is 20.1 Å². The van der Waals surface area contributed by atoms with Crippen molar-refractivity contribution in [3.63, 3.8) is 0 Å². The molecule has 0 aromatic heterocycles. The highest BCUT2D eigenvalue weighted by Gasteiger charge is 2.22. The lowest BCUT2D eigenvalue weighted by molar-refractivity contribution is 0.596. The Morgan fingerprint density at radius 2 is 1.53 bits per heavy atom. The van der Waals surface area contributed by atoms with E-state index in [1.807, 2.05) is 0 Å². The van der Waals surface area contributed by atoms with E-state index in [1.54, 1.807) is 6.08 Å². The van der Waals surface area contributed by atoms with Gasteiger partial charge in [0.1, 0.15) is 10.8 Å². The van der Waals surface area contributed by atoms with Crippen LogP contribution in [-0.2, 0) is 6.42 Å². The lowest BCUT2D eigenvalue weighted by atomic mass is 10.1. The molecule has 0 bridgehead atoms. The number of rotatable bonds is 4. The maximum atomic E-state index is 6.06. The molecule has 0 amide bonds. The fourth-order valence-corrected chi connectivity index (χ4v) is 3.24. The fourth-order valence-electron chi connectivity index (χ4n) is 1.20. The first-order valence-corrected chi connectivity index (χ1v) is 9.78. The zero-order valence-electron chi connectivity index (χ0n) is 8.24. The minimum absolute atomic E-state index is 0.115. The maximum Gasteiger partial charge on any atom is 0.433 e. The molecule has 0 heterocycles. The van der Waals surface area contributed by atoms with Gasteiger partial charge in [0.25, 0.3) is 0 Å². The van der Waals surface area contributed by atoms with Gasteiger partial charge < -0.3 is 4.43 Å². The van der Waals surface area contributed by atoms with Crippen LogP contribution in [0.5, 0.6) is 5.75 Å². The first-order valence-electron chi connectivity index (χ1n) is 4.30. The van der Waals surface area contributed by atoms with Crippen LogP contribution in [-0.4, -0.2) is 7.66 Å².